The number of hydrogen-bond acceptors (Lipinski definition) is 5. The molecule has 0 saturated heterocycles. The Hall–Kier alpha value is -2.25. The maximum atomic E-state index is 12.9. The Morgan fingerprint density at radius 2 is 1.74 bits per heavy atom. The van der Waals surface area contributed by atoms with Gasteiger partial charge < -0.3 is 14.8 Å². The zero-order chi connectivity index (χ0) is 22.5. The third kappa shape index (κ3) is 5.52. The Morgan fingerprint density at radius 3 is 2.39 bits per heavy atom. The van der Waals surface area contributed by atoms with Gasteiger partial charge in [-0.3, -0.25) is 4.79 Å². The average molecular weight is 499 g/mol. The number of benzene rings is 2. The van der Waals surface area contributed by atoms with E-state index in [4.69, 9.17) is 44.3 Å². The van der Waals surface area contributed by atoms with Crippen molar-refractivity contribution in [3.63, 3.8) is 0 Å². The lowest BCUT2D eigenvalue weighted by atomic mass is 10.0. The van der Waals surface area contributed by atoms with E-state index in [9.17, 15) is 9.59 Å². The van der Waals surface area contributed by atoms with Crippen LogP contribution in [-0.2, 0) is 9.53 Å². The molecule has 0 spiro atoms. The topological polar surface area (TPSA) is 64.6 Å². The first-order valence-corrected chi connectivity index (χ1v) is 11.2. The van der Waals surface area contributed by atoms with Gasteiger partial charge in [-0.05, 0) is 36.2 Å². The van der Waals surface area contributed by atoms with Gasteiger partial charge >= 0.3 is 5.97 Å². The van der Waals surface area contributed by atoms with Crippen LogP contribution in [0.2, 0.25) is 15.1 Å². The first-order valence-electron chi connectivity index (χ1n) is 9.22. The number of nitrogens with one attached hydrogen (secondary N) is 1. The molecular weight excluding hydrogens is 481 g/mol. The summed E-state index contributed by atoms with van der Waals surface area (Å²) >= 11 is 19.3. The van der Waals surface area contributed by atoms with E-state index in [1.165, 1.54) is 18.4 Å². The van der Waals surface area contributed by atoms with Crippen LogP contribution in [0.25, 0.3) is 11.1 Å². The SMILES string of the molecule is CC[C@H](Oc1cc(Cl)ccc1Cl)C(=O)Nc1scc(-c2ccc(Cl)cc2)c1C(=O)OC. The average Bonchev–Trinajstić information content (AvgIpc) is 3.17. The lowest BCUT2D eigenvalue weighted by Crippen LogP contribution is -2.32. The summed E-state index contributed by atoms with van der Waals surface area (Å²) in [5.74, 6) is -0.682. The summed E-state index contributed by atoms with van der Waals surface area (Å²) in [6.07, 6.45) is -0.472. The van der Waals surface area contributed by atoms with E-state index < -0.39 is 18.0 Å². The van der Waals surface area contributed by atoms with Crippen LogP contribution in [0.1, 0.15) is 23.7 Å². The zero-order valence-electron chi connectivity index (χ0n) is 16.6. The van der Waals surface area contributed by atoms with Crippen molar-refractivity contribution in [2.75, 3.05) is 12.4 Å². The van der Waals surface area contributed by atoms with Gasteiger partial charge in [0.15, 0.2) is 6.10 Å². The van der Waals surface area contributed by atoms with E-state index in [1.54, 1.807) is 54.8 Å². The number of carbonyl (C=O) groups is 2. The molecule has 5 nitrogen and oxygen atoms in total. The highest BCUT2D eigenvalue weighted by molar-refractivity contribution is 7.15. The maximum Gasteiger partial charge on any atom is 0.341 e. The predicted octanol–water partition coefficient (Wildman–Crippen LogP) is 6.96. The molecular formula is C22H18Cl3NO4S. The lowest BCUT2D eigenvalue weighted by molar-refractivity contribution is -0.122. The minimum atomic E-state index is -0.845. The van der Waals surface area contributed by atoms with E-state index in [0.29, 0.717) is 37.8 Å². The van der Waals surface area contributed by atoms with Gasteiger partial charge in [0.1, 0.15) is 16.3 Å². The molecule has 0 aliphatic heterocycles. The Bertz CT molecular complexity index is 1100. The normalized spacial score (nSPS) is 11.6. The molecule has 0 aliphatic carbocycles. The maximum absolute atomic E-state index is 12.9. The lowest BCUT2D eigenvalue weighted by Gasteiger charge is -2.18. The van der Waals surface area contributed by atoms with Crippen molar-refractivity contribution in [2.45, 2.75) is 19.4 Å². The Morgan fingerprint density at radius 1 is 1.06 bits per heavy atom. The second-order valence-electron chi connectivity index (χ2n) is 6.43. The second-order valence-corrected chi connectivity index (χ2v) is 8.59. The molecule has 0 fully saturated rings. The first-order chi connectivity index (χ1) is 14.8. The number of halogens is 3. The Kier molecular flexibility index (Phi) is 7.84. The number of anilines is 1. The molecule has 1 atom stereocenters. The Labute approximate surface area is 198 Å². The molecule has 9 heteroatoms. The van der Waals surface area contributed by atoms with Crippen LogP contribution in [-0.4, -0.2) is 25.1 Å². The van der Waals surface area contributed by atoms with Crippen LogP contribution in [0.3, 0.4) is 0 Å². The van der Waals surface area contributed by atoms with Crippen molar-refractivity contribution >= 4 is 63.0 Å². The van der Waals surface area contributed by atoms with Gasteiger partial charge in [-0.25, -0.2) is 4.79 Å². The summed E-state index contributed by atoms with van der Waals surface area (Å²) in [4.78, 5) is 25.4. The van der Waals surface area contributed by atoms with Crippen molar-refractivity contribution in [3.8, 4) is 16.9 Å². The molecule has 2 aromatic carbocycles. The van der Waals surface area contributed by atoms with Gasteiger partial charge in [0.2, 0.25) is 0 Å². The molecule has 0 saturated carbocycles. The van der Waals surface area contributed by atoms with Crippen molar-refractivity contribution in [2.24, 2.45) is 0 Å². The number of hydrogen-bond donors (Lipinski definition) is 1. The number of rotatable bonds is 7. The fourth-order valence-corrected chi connectivity index (χ4v) is 4.24. The van der Waals surface area contributed by atoms with Crippen molar-refractivity contribution < 1.29 is 19.1 Å². The number of carbonyl (C=O) groups excluding carboxylic acids is 2. The molecule has 162 valence electrons. The largest absolute Gasteiger partial charge is 0.479 e. The van der Waals surface area contributed by atoms with Gasteiger partial charge in [0, 0.05) is 27.1 Å². The number of ether oxygens (including phenoxy) is 2. The standard InChI is InChI=1S/C22H18Cl3NO4S/c1-3-17(30-18-10-14(24)8-9-16(18)25)20(27)26-21-19(22(28)29-2)15(11-31-21)12-4-6-13(23)7-5-12/h4-11,17H,3H2,1-2H3,(H,26,27)/t17-/m0/s1. The number of amides is 1. The highest BCUT2D eigenvalue weighted by Crippen LogP contribution is 2.37. The van der Waals surface area contributed by atoms with E-state index in [2.05, 4.69) is 5.32 Å². The molecule has 0 unspecified atom stereocenters. The quantitative estimate of drug-likeness (QED) is 0.358. The summed E-state index contributed by atoms with van der Waals surface area (Å²) in [7, 11) is 1.29. The van der Waals surface area contributed by atoms with Gasteiger partial charge in [-0.2, -0.15) is 0 Å². The van der Waals surface area contributed by atoms with E-state index >= 15 is 0 Å². The number of methoxy groups -OCH3 is 1. The molecule has 3 aromatic rings. The van der Waals surface area contributed by atoms with Gasteiger partial charge in [0.25, 0.3) is 5.91 Å². The number of esters is 1. The molecule has 1 heterocycles. The highest BCUT2D eigenvalue weighted by atomic mass is 35.5. The second kappa shape index (κ2) is 10.4. The molecule has 0 bridgehead atoms. The van der Waals surface area contributed by atoms with Crippen LogP contribution in [0, 0.1) is 0 Å². The molecule has 1 N–H and O–H groups in total. The predicted molar refractivity (Wildman–Crippen MR) is 126 cm³/mol. The fourth-order valence-electron chi connectivity index (χ4n) is 2.83. The van der Waals surface area contributed by atoms with Crippen LogP contribution in [0.5, 0.6) is 5.75 Å². The van der Waals surface area contributed by atoms with E-state index in [1.807, 2.05) is 0 Å². The van der Waals surface area contributed by atoms with Crippen LogP contribution < -0.4 is 10.1 Å². The third-order valence-corrected chi connectivity index (χ3v) is 6.09. The summed E-state index contributed by atoms with van der Waals surface area (Å²) in [5, 5.41) is 6.28. The van der Waals surface area contributed by atoms with Crippen molar-refractivity contribution in [1.82, 2.24) is 0 Å². The van der Waals surface area contributed by atoms with Crippen LogP contribution in [0.4, 0.5) is 5.00 Å². The summed E-state index contributed by atoms with van der Waals surface area (Å²) in [6, 6.07) is 11.8. The van der Waals surface area contributed by atoms with Crippen molar-refractivity contribution in [3.05, 3.63) is 68.5 Å². The van der Waals surface area contributed by atoms with Crippen LogP contribution >= 0.6 is 46.1 Å². The molecule has 1 amide bonds. The van der Waals surface area contributed by atoms with Gasteiger partial charge in [-0.15, -0.1) is 11.3 Å². The van der Waals surface area contributed by atoms with E-state index in [0.717, 1.165) is 5.56 Å². The molecule has 1 aromatic heterocycles. The Balaban J connectivity index is 1.88. The monoisotopic (exact) mass is 497 g/mol. The summed E-state index contributed by atoms with van der Waals surface area (Å²) in [6.45, 7) is 1.80. The molecule has 0 radical (unpaired) electrons. The summed E-state index contributed by atoms with van der Waals surface area (Å²) in [5.41, 5.74) is 1.67. The zero-order valence-corrected chi connectivity index (χ0v) is 19.7. The van der Waals surface area contributed by atoms with Gasteiger partial charge in [0.05, 0.1) is 12.1 Å². The summed E-state index contributed by atoms with van der Waals surface area (Å²) < 4.78 is 10.7. The molecule has 31 heavy (non-hydrogen) atoms. The number of thiophene rings is 1. The minimum absolute atomic E-state index is 0.263. The molecule has 3 rings (SSSR count). The first kappa shape index (κ1) is 23.4. The third-order valence-electron chi connectivity index (χ3n) is 4.40. The minimum Gasteiger partial charge on any atom is -0.479 e. The van der Waals surface area contributed by atoms with E-state index in [-0.39, 0.29) is 5.56 Å². The van der Waals surface area contributed by atoms with Crippen LogP contribution in [0.15, 0.2) is 47.8 Å². The molecule has 0 aliphatic rings. The van der Waals surface area contributed by atoms with Gasteiger partial charge in [-0.1, -0.05) is 53.9 Å². The van der Waals surface area contributed by atoms with Crippen molar-refractivity contribution in [1.29, 1.82) is 0 Å². The smallest absolute Gasteiger partial charge is 0.341 e. The fraction of sp³-hybridized carbons (Fsp3) is 0.182. The highest BCUT2D eigenvalue weighted by Gasteiger charge is 2.26.